The minimum atomic E-state index is -0.373. The van der Waals surface area contributed by atoms with Crippen molar-refractivity contribution < 1.29 is 9.50 Å². The molecule has 4 heteroatoms. The first-order chi connectivity index (χ1) is 6.99. The predicted molar refractivity (Wildman–Crippen MR) is 62.4 cm³/mol. The van der Waals surface area contributed by atoms with Gasteiger partial charge in [0.05, 0.1) is 4.47 Å². The maximum Gasteiger partial charge on any atom is 0.137 e. The van der Waals surface area contributed by atoms with Gasteiger partial charge in [-0.25, -0.2) is 4.39 Å². The minimum absolute atomic E-state index is 0.0462. The zero-order valence-corrected chi connectivity index (χ0v) is 10.4. The Balaban J connectivity index is 3.27. The second-order valence-corrected chi connectivity index (χ2v) is 4.67. The van der Waals surface area contributed by atoms with Gasteiger partial charge in [-0.1, -0.05) is 13.8 Å². The van der Waals surface area contributed by atoms with Crippen molar-refractivity contribution in [2.75, 3.05) is 6.54 Å². The van der Waals surface area contributed by atoms with Crippen LogP contribution in [0.5, 0.6) is 5.75 Å². The molecule has 15 heavy (non-hydrogen) atoms. The normalized spacial score (nSPS) is 13.2. The van der Waals surface area contributed by atoms with Gasteiger partial charge >= 0.3 is 0 Å². The highest BCUT2D eigenvalue weighted by Gasteiger charge is 2.22. The third-order valence-corrected chi connectivity index (χ3v) is 3.35. The summed E-state index contributed by atoms with van der Waals surface area (Å²) in [4.78, 5) is 0. The van der Waals surface area contributed by atoms with Crippen LogP contribution in [-0.4, -0.2) is 11.7 Å². The summed E-state index contributed by atoms with van der Waals surface area (Å²) < 4.78 is 13.6. The summed E-state index contributed by atoms with van der Waals surface area (Å²) in [7, 11) is 0. The second-order valence-electron chi connectivity index (χ2n) is 3.88. The first-order valence-corrected chi connectivity index (χ1v) is 5.65. The van der Waals surface area contributed by atoms with E-state index in [1.807, 2.05) is 13.8 Å². The van der Waals surface area contributed by atoms with E-state index < -0.39 is 0 Å². The third-order valence-electron chi connectivity index (χ3n) is 2.54. The highest BCUT2D eigenvalue weighted by atomic mass is 79.9. The zero-order chi connectivity index (χ0) is 11.6. The van der Waals surface area contributed by atoms with Gasteiger partial charge in [-0.15, -0.1) is 0 Å². The lowest BCUT2D eigenvalue weighted by Crippen LogP contribution is -2.18. The summed E-state index contributed by atoms with van der Waals surface area (Å²) in [5.74, 6) is -0.0802. The standard InChI is InChI=1S/C11H15BrFNO/c1-6(2)7(5-14)10-9(15)4-3-8(13)11(10)12/h3-4,6-7,15H,5,14H2,1-2H3. The monoisotopic (exact) mass is 275 g/mol. The number of hydrogen-bond donors (Lipinski definition) is 2. The first kappa shape index (κ1) is 12.5. The highest BCUT2D eigenvalue weighted by Crippen LogP contribution is 2.37. The third kappa shape index (κ3) is 2.49. The molecule has 0 saturated heterocycles. The van der Waals surface area contributed by atoms with Crippen LogP contribution in [0.15, 0.2) is 16.6 Å². The van der Waals surface area contributed by atoms with E-state index in [2.05, 4.69) is 15.9 Å². The van der Waals surface area contributed by atoms with Gasteiger partial charge in [0.2, 0.25) is 0 Å². The molecule has 0 radical (unpaired) electrons. The molecule has 1 atom stereocenters. The van der Waals surface area contributed by atoms with Crippen LogP contribution in [0, 0.1) is 11.7 Å². The first-order valence-electron chi connectivity index (χ1n) is 4.86. The molecule has 0 fully saturated rings. The van der Waals surface area contributed by atoms with Crippen molar-refractivity contribution in [3.8, 4) is 5.75 Å². The fraction of sp³-hybridized carbons (Fsp3) is 0.455. The Morgan fingerprint density at radius 3 is 2.53 bits per heavy atom. The lowest BCUT2D eigenvalue weighted by atomic mass is 9.88. The fourth-order valence-corrected chi connectivity index (χ4v) is 2.26. The van der Waals surface area contributed by atoms with Crippen molar-refractivity contribution in [2.45, 2.75) is 19.8 Å². The Hall–Kier alpha value is -0.610. The SMILES string of the molecule is CC(C)C(CN)c1c(O)ccc(F)c1Br. The number of benzene rings is 1. The van der Waals surface area contributed by atoms with Crippen molar-refractivity contribution in [3.63, 3.8) is 0 Å². The van der Waals surface area contributed by atoms with E-state index in [9.17, 15) is 9.50 Å². The second kappa shape index (κ2) is 4.94. The molecule has 0 amide bonds. The number of nitrogens with two attached hydrogens (primary N) is 1. The maximum atomic E-state index is 13.3. The smallest absolute Gasteiger partial charge is 0.137 e. The molecule has 1 aromatic carbocycles. The number of phenolic OH excluding ortho intramolecular Hbond substituents is 1. The molecule has 0 bridgehead atoms. The molecule has 1 unspecified atom stereocenters. The van der Waals surface area contributed by atoms with Gasteiger partial charge in [-0.05, 0) is 40.5 Å². The lowest BCUT2D eigenvalue weighted by molar-refractivity contribution is 0.432. The molecule has 0 saturated carbocycles. The number of hydrogen-bond acceptors (Lipinski definition) is 2. The Bertz CT molecular complexity index is 355. The zero-order valence-electron chi connectivity index (χ0n) is 8.80. The molecule has 0 aliphatic heterocycles. The molecule has 0 aromatic heterocycles. The minimum Gasteiger partial charge on any atom is -0.508 e. The Kier molecular flexibility index (Phi) is 4.11. The van der Waals surface area contributed by atoms with Gasteiger partial charge in [0.1, 0.15) is 11.6 Å². The molecule has 84 valence electrons. The summed E-state index contributed by atoms with van der Waals surface area (Å²) in [5, 5.41) is 9.71. The van der Waals surface area contributed by atoms with Gasteiger partial charge in [0.25, 0.3) is 0 Å². The largest absolute Gasteiger partial charge is 0.508 e. The van der Waals surface area contributed by atoms with Crippen LogP contribution >= 0.6 is 15.9 Å². The van der Waals surface area contributed by atoms with E-state index in [0.29, 0.717) is 16.6 Å². The molecule has 1 rings (SSSR count). The van der Waals surface area contributed by atoms with Gasteiger partial charge in [0.15, 0.2) is 0 Å². The molecule has 2 nitrogen and oxygen atoms in total. The van der Waals surface area contributed by atoms with Crippen LogP contribution in [-0.2, 0) is 0 Å². The molecule has 0 heterocycles. The summed E-state index contributed by atoms with van der Waals surface area (Å²) >= 11 is 3.15. The lowest BCUT2D eigenvalue weighted by Gasteiger charge is -2.21. The molecule has 1 aromatic rings. The van der Waals surface area contributed by atoms with Crippen LogP contribution < -0.4 is 5.73 Å². The Labute approximate surface area is 97.4 Å². The van der Waals surface area contributed by atoms with E-state index in [0.717, 1.165) is 0 Å². The number of aromatic hydroxyl groups is 1. The number of rotatable bonds is 3. The van der Waals surface area contributed by atoms with Crippen molar-refractivity contribution in [3.05, 3.63) is 28.0 Å². The van der Waals surface area contributed by atoms with Gasteiger partial charge < -0.3 is 10.8 Å². The maximum absolute atomic E-state index is 13.3. The van der Waals surface area contributed by atoms with Gasteiger partial charge in [-0.3, -0.25) is 0 Å². The van der Waals surface area contributed by atoms with Crippen molar-refractivity contribution in [1.29, 1.82) is 0 Å². The molecule has 0 aliphatic rings. The van der Waals surface area contributed by atoms with Crippen molar-refractivity contribution in [1.82, 2.24) is 0 Å². The molecule has 3 N–H and O–H groups in total. The van der Waals surface area contributed by atoms with E-state index in [1.165, 1.54) is 12.1 Å². The topological polar surface area (TPSA) is 46.2 Å². The highest BCUT2D eigenvalue weighted by molar-refractivity contribution is 9.10. The van der Waals surface area contributed by atoms with E-state index >= 15 is 0 Å². The molecular weight excluding hydrogens is 261 g/mol. The van der Waals surface area contributed by atoms with Gasteiger partial charge in [0, 0.05) is 11.5 Å². The number of phenols is 1. The predicted octanol–water partition coefficient (Wildman–Crippen LogP) is 2.99. The van der Waals surface area contributed by atoms with Crippen LogP contribution in [0.4, 0.5) is 4.39 Å². The molecule has 0 aliphatic carbocycles. The summed E-state index contributed by atoms with van der Waals surface area (Å²) in [6.07, 6.45) is 0. The van der Waals surface area contributed by atoms with Crippen LogP contribution in [0.2, 0.25) is 0 Å². The van der Waals surface area contributed by atoms with Crippen molar-refractivity contribution in [2.24, 2.45) is 11.7 Å². The van der Waals surface area contributed by atoms with Gasteiger partial charge in [-0.2, -0.15) is 0 Å². The fourth-order valence-electron chi connectivity index (χ4n) is 1.63. The van der Waals surface area contributed by atoms with Crippen LogP contribution in [0.1, 0.15) is 25.3 Å². The molecular formula is C11H15BrFNO. The van der Waals surface area contributed by atoms with Crippen LogP contribution in [0.25, 0.3) is 0 Å². The number of halogens is 2. The summed E-state index contributed by atoms with van der Waals surface area (Å²) in [6, 6.07) is 2.59. The van der Waals surface area contributed by atoms with E-state index in [-0.39, 0.29) is 23.4 Å². The molecule has 0 spiro atoms. The van der Waals surface area contributed by atoms with Crippen molar-refractivity contribution >= 4 is 15.9 Å². The summed E-state index contributed by atoms with van der Waals surface area (Å²) in [5.41, 5.74) is 6.20. The average Bonchev–Trinajstić information content (AvgIpc) is 2.18. The van der Waals surface area contributed by atoms with E-state index in [4.69, 9.17) is 5.73 Å². The van der Waals surface area contributed by atoms with Crippen LogP contribution in [0.3, 0.4) is 0 Å². The quantitative estimate of drug-likeness (QED) is 0.891. The summed E-state index contributed by atoms with van der Waals surface area (Å²) in [6.45, 7) is 4.37. The van der Waals surface area contributed by atoms with E-state index in [1.54, 1.807) is 0 Å². The Morgan fingerprint density at radius 2 is 2.07 bits per heavy atom. The Morgan fingerprint density at radius 1 is 1.47 bits per heavy atom. The average molecular weight is 276 g/mol.